The molecule has 126 valence electrons. The zero-order valence-electron chi connectivity index (χ0n) is 13.5. The number of hydrogen-bond donors (Lipinski definition) is 1. The van der Waals surface area contributed by atoms with Gasteiger partial charge in [-0.3, -0.25) is 0 Å². The second-order valence-corrected chi connectivity index (χ2v) is 6.44. The molecule has 3 rings (SSSR count). The number of rotatable bonds is 3. The molecule has 0 aliphatic carbocycles. The zero-order chi connectivity index (χ0) is 17.1. The molecule has 1 aromatic heterocycles. The fraction of sp³-hybridized carbons (Fsp3) is 0.333. The average molecular weight is 346 g/mol. The number of amides is 1. The van der Waals surface area contributed by atoms with Crippen LogP contribution >= 0.6 is 11.6 Å². The summed E-state index contributed by atoms with van der Waals surface area (Å²) in [5.41, 5.74) is 1.88. The number of hydrogen-bond acceptors (Lipinski definition) is 3. The van der Waals surface area contributed by atoms with Gasteiger partial charge in [-0.25, -0.2) is 9.78 Å². The first-order valence-corrected chi connectivity index (χ1v) is 8.36. The van der Waals surface area contributed by atoms with Crippen molar-refractivity contribution in [2.45, 2.75) is 18.9 Å². The highest BCUT2D eigenvalue weighted by atomic mass is 35.5. The first-order valence-electron chi connectivity index (χ1n) is 7.98. The van der Waals surface area contributed by atoms with Crippen LogP contribution in [0.1, 0.15) is 12.8 Å². The summed E-state index contributed by atoms with van der Waals surface area (Å²) >= 11 is 6.06. The van der Waals surface area contributed by atoms with E-state index in [4.69, 9.17) is 21.7 Å². The molecule has 1 aliphatic heterocycles. The van der Waals surface area contributed by atoms with Crippen molar-refractivity contribution in [3.63, 3.8) is 0 Å². The molecule has 24 heavy (non-hydrogen) atoms. The van der Waals surface area contributed by atoms with Crippen LogP contribution in [-0.4, -0.2) is 47.3 Å². The van der Waals surface area contributed by atoms with Gasteiger partial charge in [-0.15, -0.1) is 0 Å². The number of benzene rings is 1. The van der Waals surface area contributed by atoms with Gasteiger partial charge in [0.2, 0.25) is 0 Å². The average Bonchev–Trinajstić information content (AvgIpc) is 2.61. The minimum atomic E-state index is -0.866. The molecule has 0 bridgehead atoms. The molecule has 6 heteroatoms. The Morgan fingerprint density at radius 1 is 1.25 bits per heavy atom. The highest BCUT2D eigenvalue weighted by molar-refractivity contribution is 6.30. The largest absolute Gasteiger partial charge is 0.465 e. The van der Waals surface area contributed by atoms with Crippen LogP contribution in [0.5, 0.6) is 0 Å². The minimum Gasteiger partial charge on any atom is -0.465 e. The normalized spacial score (nSPS) is 15.3. The summed E-state index contributed by atoms with van der Waals surface area (Å²) in [6.07, 6.45) is 0.757. The van der Waals surface area contributed by atoms with Crippen LogP contribution < -0.4 is 4.90 Å². The van der Waals surface area contributed by atoms with E-state index in [9.17, 15) is 4.79 Å². The Morgan fingerprint density at radius 3 is 2.62 bits per heavy atom. The van der Waals surface area contributed by atoms with Gasteiger partial charge in [-0.2, -0.15) is 0 Å². The number of pyridine rings is 1. The van der Waals surface area contributed by atoms with Crippen LogP contribution in [0.4, 0.5) is 10.6 Å². The Kier molecular flexibility index (Phi) is 4.90. The van der Waals surface area contributed by atoms with E-state index >= 15 is 0 Å². The van der Waals surface area contributed by atoms with E-state index < -0.39 is 6.09 Å². The highest BCUT2D eigenvalue weighted by Gasteiger charge is 2.25. The van der Waals surface area contributed by atoms with Crippen LogP contribution in [0.15, 0.2) is 42.5 Å². The molecule has 0 unspecified atom stereocenters. The predicted molar refractivity (Wildman–Crippen MR) is 95.7 cm³/mol. The van der Waals surface area contributed by atoms with Gasteiger partial charge in [0.05, 0.1) is 5.69 Å². The standard InChI is InChI=1S/C18H20ClN3O2/c1-21(18(23)24)15-8-10-22(11-9-15)17-7-3-6-16(20-17)13-4-2-5-14(19)12-13/h2-7,12,15H,8-11H2,1H3,(H,23,24). The van der Waals surface area contributed by atoms with E-state index in [1.165, 1.54) is 4.90 Å². The lowest BCUT2D eigenvalue weighted by molar-refractivity contribution is 0.131. The molecule has 1 fully saturated rings. The summed E-state index contributed by atoms with van der Waals surface area (Å²) < 4.78 is 0. The highest BCUT2D eigenvalue weighted by Crippen LogP contribution is 2.25. The Hall–Kier alpha value is -2.27. The summed E-state index contributed by atoms with van der Waals surface area (Å²) in [5.74, 6) is 0.920. The molecular weight excluding hydrogens is 326 g/mol. The molecule has 2 aromatic rings. The lowest BCUT2D eigenvalue weighted by atomic mass is 10.0. The van der Waals surface area contributed by atoms with E-state index in [0.29, 0.717) is 5.02 Å². The second-order valence-electron chi connectivity index (χ2n) is 6.00. The number of carboxylic acid groups (broad SMARTS) is 1. The SMILES string of the molecule is CN(C(=O)O)C1CCN(c2cccc(-c3cccc(Cl)c3)n2)CC1. The molecule has 5 nitrogen and oxygen atoms in total. The first-order chi connectivity index (χ1) is 11.5. The van der Waals surface area contributed by atoms with Crippen LogP contribution in [0.2, 0.25) is 5.02 Å². The number of piperidine rings is 1. The van der Waals surface area contributed by atoms with E-state index in [-0.39, 0.29) is 6.04 Å². The minimum absolute atomic E-state index is 0.0786. The van der Waals surface area contributed by atoms with Crippen molar-refractivity contribution >= 4 is 23.5 Å². The molecule has 1 aromatic carbocycles. The van der Waals surface area contributed by atoms with Gasteiger partial charge in [-0.1, -0.05) is 29.8 Å². The Labute approximate surface area is 146 Å². The van der Waals surface area contributed by atoms with E-state index in [1.54, 1.807) is 7.05 Å². The summed E-state index contributed by atoms with van der Waals surface area (Å²) in [7, 11) is 1.64. The molecule has 1 N–H and O–H groups in total. The summed E-state index contributed by atoms with van der Waals surface area (Å²) in [6.45, 7) is 1.60. The Balaban J connectivity index is 1.73. The maximum Gasteiger partial charge on any atom is 0.407 e. The quantitative estimate of drug-likeness (QED) is 0.914. The lowest BCUT2D eigenvalue weighted by Crippen LogP contribution is -2.45. The monoisotopic (exact) mass is 345 g/mol. The van der Waals surface area contributed by atoms with Gasteiger partial charge in [0.25, 0.3) is 0 Å². The van der Waals surface area contributed by atoms with Gasteiger partial charge in [0, 0.05) is 36.8 Å². The number of anilines is 1. The fourth-order valence-corrected chi connectivity index (χ4v) is 3.24. The summed E-state index contributed by atoms with van der Waals surface area (Å²) in [4.78, 5) is 19.4. The molecule has 0 radical (unpaired) electrons. The van der Waals surface area contributed by atoms with Crippen molar-refractivity contribution < 1.29 is 9.90 Å². The first kappa shape index (κ1) is 16.6. The maximum absolute atomic E-state index is 11.1. The van der Waals surface area contributed by atoms with E-state index in [1.807, 2.05) is 42.5 Å². The molecule has 1 saturated heterocycles. The third kappa shape index (κ3) is 3.62. The van der Waals surface area contributed by atoms with E-state index in [2.05, 4.69) is 4.90 Å². The van der Waals surface area contributed by atoms with Gasteiger partial charge >= 0.3 is 6.09 Å². The van der Waals surface area contributed by atoms with Crippen molar-refractivity contribution in [3.05, 3.63) is 47.5 Å². The Morgan fingerprint density at radius 2 is 1.96 bits per heavy atom. The topological polar surface area (TPSA) is 56.7 Å². The number of halogens is 1. The van der Waals surface area contributed by atoms with Crippen molar-refractivity contribution in [2.24, 2.45) is 0 Å². The van der Waals surface area contributed by atoms with Gasteiger partial charge in [-0.05, 0) is 37.1 Å². The van der Waals surface area contributed by atoms with Crippen LogP contribution in [0.3, 0.4) is 0 Å². The second kappa shape index (κ2) is 7.09. The molecule has 1 amide bonds. The van der Waals surface area contributed by atoms with Gasteiger partial charge < -0.3 is 14.9 Å². The Bertz CT molecular complexity index is 730. The number of aromatic nitrogens is 1. The van der Waals surface area contributed by atoms with Crippen LogP contribution in [0, 0.1) is 0 Å². The van der Waals surface area contributed by atoms with Crippen molar-refractivity contribution in [1.82, 2.24) is 9.88 Å². The smallest absolute Gasteiger partial charge is 0.407 e. The molecule has 1 aliphatic rings. The molecular formula is C18H20ClN3O2. The van der Waals surface area contributed by atoms with Gasteiger partial charge in [0.1, 0.15) is 5.82 Å². The molecule has 0 saturated carbocycles. The zero-order valence-corrected chi connectivity index (χ0v) is 14.3. The van der Waals surface area contributed by atoms with E-state index in [0.717, 1.165) is 43.0 Å². The van der Waals surface area contributed by atoms with Crippen molar-refractivity contribution in [3.8, 4) is 11.3 Å². The molecule has 0 atom stereocenters. The third-order valence-corrected chi connectivity index (χ3v) is 4.73. The molecule has 0 spiro atoms. The van der Waals surface area contributed by atoms with Crippen LogP contribution in [-0.2, 0) is 0 Å². The summed E-state index contributed by atoms with van der Waals surface area (Å²) in [5, 5.41) is 9.78. The van der Waals surface area contributed by atoms with Crippen molar-refractivity contribution in [2.75, 3.05) is 25.0 Å². The number of carbonyl (C=O) groups is 1. The maximum atomic E-state index is 11.1. The van der Waals surface area contributed by atoms with Gasteiger partial charge in [0.15, 0.2) is 0 Å². The van der Waals surface area contributed by atoms with Crippen molar-refractivity contribution in [1.29, 1.82) is 0 Å². The lowest BCUT2D eigenvalue weighted by Gasteiger charge is -2.36. The predicted octanol–water partition coefficient (Wildman–Crippen LogP) is 3.98. The fourth-order valence-electron chi connectivity index (χ4n) is 3.05. The van der Waals surface area contributed by atoms with Crippen LogP contribution in [0.25, 0.3) is 11.3 Å². The molecule has 2 heterocycles. The third-order valence-electron chi connectivity index (χ3n) is 4.49. The number of nitrogens with zero attached hydrogens (tertiary/aromatic N) is 3. The summed E-state index contributed by atoms with van der Waals surface area (Å²) in [6, 6.07) is 13.7.